The topological polar surface area (TPSA) is 9.23 Å². The molecule has 1 aliphatic carbocycles. The van der Waals surface area contributed by atoms with Gasteiger partial charge in [0.2, 0.25) is 0 Å². The normalized spacial score (nSPS) is 33.6. The second-order valence-corrected chi connectivity index (χ2v) is 5.21. The predicted octanol–water partition coefficient (Wildman–Crippen LogP) is 3.73. The second kappa shape index (κ2) is 5.75. The van der Waals surface area contributed by atoms with Crippen molar-refractivity contribution in [2.45, 2.75) is 46.5 Å². The summed E-state index contributed by atoms with van der Waals surface area (Å²) in [7, 11) is 1.83. The van der Waals surface area contributed by atoms with Gasteiger partial charge in [0.15, 0.2) is 0 Å². The Morgan fingerprint density at radius 1 is 1.29 bits per heavy atom. The van der Waals surface area contributed by atoms with E-state index in [0.717, 1.165) is 30.3 Å². The van der Waals surface area contributed by atoms with Gasteiger partial charge in [-0.3, -0.25) is 0 Å². The van der Waals surface area contributed by atoms with Gasteiger partial charge in [0.05, 0.1) is 0 Å². The van der Waals surface area contributed by atoms with Crippen LogP contribution in [-0.2, 0) is 4.74 Å². The first-order chi connectivity index (χ1) is 6.69. The third kappa shape index (κ3) is 2.98. The zero-order valence-corrected chi connectivity index (χ0v) is 10.3. The van der Waals surface area contributed by atoms with Crippen LogP contribution in [0.2, 0.25) is 0 Å². The molecule has 0 radical (unpaired) electrons. The molecule has 0 aromatic heterocycles. The Balaban J connectivity index is 2.48. The van der Waals surface area contributed by atoms with Crippen molar-refractivity contribution >= 4 is 0 Å². The summed E-state index contributed by atoms with van der Waals surface area (Å²) in [5, 5.41) is 0. The van der Waals surface area contributed by atoms with Crippen LogP contribution in [-0.4, -0.2) is 13.7 Å². The van der Waals surface area contributed by atoms with Crippen molar-refractivity contribution in [2.75, 3.05) is 13.7 Å². The van der Waals surface area contributed by atoms with Gasteiger partial charge in [-0.05, 0) is 42.9 Å². The second-order valence-electron chi connectivity index (χ2n) is 5.21. The van der Waals surface area contributed by atoms with Crippen molar-refractivity contribution in [3.05, 3.63) is 0 Å². The Labute approximate surface area is 89.2 Å². The molecule has 0 saturated heterocycles. The molecular weight excluding hydrogens is 172 g/mol. The van der Waals surface area contributed by atoms with E-state index < -0.39 is 0 Å². The highest BCUT2D eigenvalue weighted by atomic mass is 16.5. The van der Waals surface area contributed by atoms with Crippen LogP contribution in [0.25, 0.3) is 0 Å². The van der Waals surface area contributed by atoms with E-state index >= 15 is 0 Å². The lowest BCUT2D eigenvalue weighted by atomic mass is 9.69. The predicted molar refractivity (Wildman–Crippen MR) is 61.3 cm³/mol. The van der Waals surface area contributed by atoms with Crippen LogP contribution in [0.5, 0.6) is 0 Å². The highest BCUT2D eigenvalue weighted by Crippen LogP contribution is 2.39. The van der Waals surface area contributed by atoms with Gasteiger partial charge in [-0.2, -0.15) is 0 Å². The van der Waals surface area contributed by atoms with Crippen LogP contribution >= 0.6 is 0 Å². The van der Waals surface area contributed by atoms with Crippen molar-refractivity contribution in [3.8, 4) is 0 Å². The molecule has 0 aliphatic heterocycles. The molecule has 3 unspecified atom stereocenters. The Morgan fingerprint density at radius 3 is 2.50 bits per heavy atom. The van der Waals surface area contributed by atoms with Crippen LogP contribution in [0.4, 0.5) is 0 Å². The quantitative estimate of drug-likeness (QED) is 0.669. The van der Waals surface area contributed by atoms with E-state index in [-0.39, 0.29) is 0 Å². The van der Waals surface area contributed by atoms with E-state index in [9.17, 15) is 0 Å². The lowest BCUT2D eigenvalue weighted by Crippen LogP contribution is -2.30. The molecule has 14 heavy (non-hydrogen) atoms. The molecular formula is C13H26O. The van der Waals surface area contributed by atoms with Crippen LogP contribution in [0.15, 0.2) is 0 Å². The lowest BCUT2D eigenvalue weighted by Gasteiger charge is -2.38. The molecule has 0 heterocycles. The van der Waals surface area contributed by atoms with Gasteiger partial charge in [-0.1, -0.05) is 27.2 Å². The average molecular weight is 198 g/mol. The molecule has 0 amide bonds. The van der Waals surface area contributed by atoms with Gasteiger partial charge in [0, 0.05) is 13.7 Å². The summed E-state index contributed by atoms with van der Waals surface area (Å²) in [6, 6.07) is 0. The Kier molecular flexibility index (Phi) is 4.94. The average Bonchev–Trinajstić information content (AvgIpc) is 2.18. The molecule has 1 heteroatoms. The minimum Gasteiger partial charge on any atom is -0.384 e. The summed E-state index contributed by atoms with van der Waals surface area (Å²) in [6.45, 7) is 8.07. The van der Waals surface area contributed by atoms with Crippen LogP contribution in [0, 0.1) is 23.7 Å². The van der Waals surface area contributed by atoms with Crippen molar-refractivity contribution in [1.29, 1.82) is 0 Å². The molecule has 84 valence electrons. The minimum atomic E-state index is 0.829. The number of rotatable bonds is 4. The minimum absolute atomic E-state index is 0.829. The van der Waals surface area contributed by atoms with Gasteiger partial charge in [0.25, 0.3) is 0 Å². The summed E-state index contributed by atoms with van der Waals surface area (Å²) in [5.74, 6) is 3.59. The largest absolute Gasteiger partial charge is 0.384 e. The fourth-order valence-electron chi connectivity index (χ4n) is 3.07. The SMILES string of the molecule is CCC1CCC(COC)CC1C(C)C. The van der Waals surface area contributed by atoms with E-state index in [0.29, 0.717) is 0 Å². The summed E-state index contributed by atoms with van der Waals surface area (Å²) >= 11 is 0. The fourth-order valence-corrected chi connectivity index (χ4v) is 3.07. The van der Waals surface area contributed by atoms with Crippen molar-refractivity contribution in [2.24, 2.45) is 23.7 Å². The molecule has 3 atom stereocenters. The highest BCUT2D eigenvalue weighted by molar-refractivity contribution is 4.81. The first-order valence-electron chi connectivity index (χ1n) is 6.17. The Morgan fingerprint density at radius 2 is 2.00 bits per heavy atom. The Hall–Kier alpha value is -0.0400. The zero-order chi connectivity index (χ0) is 10.6. The summed E-state index contributed by atoms with van der Waals surface area (Å²) in [4.78, 5) is 0. The van der Waals surface area contributed by atoms with Crippen molar-refractivity contribution in [1.82, 2.24) is 0 Å². The molecule has 0 aromatic rings. The smallest absolute Gasteiger partial charge is 0.0490 e. The fraction of sp³-hybridized carbons (Fsp3) is 1.00. The summed E-state index contributed by atoms with van der Waals surface area (Å²) in [5.41, 5.74) is 0. The van der Waals surface area contributed by atoms with E-state index in [2.05, 4.69) is 20.8 Å². The first-order valence-corrected chi connectivity index (χ1v) is 6.17. The maximum atomic E-state index is 5.28. The molecule has 0 aromatic carbocycles. The molecule has 0 N–H and O–H groups in total. The lowest BCUT2D eigenvalue weighted by molar-refractivity contribution is 0.0706. The molecule has 0 bridgehead atoms. The molecule has 1 aliphatic rings. The van der Waals surface area contributed by atoms with Gasteiger partial charge >= 0.3 is 0 Å². The standard InChI is InChI=1S/C13H26O/c1-5-12-7-6-11(9-14-4)8-13(12)10(2)3/h10-13H,5-9H2,1-4H3. The maximum absolute atomic E-state index is 5.28. The zero-order valence-electron chi connectivity index (χ0n) is 10.3. The van der Waals surface area contributed by atoms with Crippen molar-refractivity contribution in [3.63, 3.8) is 0 Å². The third-order valence-electron chi connectivity index (χ3n) is 3.94. The van der Waals surface area contributed by atoms with Gasteiger partial charge < -0.3 is 4.74 Å². The van der Waals surface area contributed by atoms with Crippen LogP contribution in [0.1, 0.15) is 46.5 Å². The maximum Gasteiger partial charge on any atom is 0.0490 e. The first kappa shape index (κ1) is 12.0. The molecule has 0 spiro atoms. The summed E-state index contributed by atoms with van der Waals surface area (Å²) in [6.07, 6.45) is 5.56. The van der Waals surface area contributed by atoms with Crippen molar-refractivity contribution < 1.29 is 4.74 Å². The van der Waals surface area contributed by atoms with E-state index in [1.165, 1.54) is 25.7 Å². The number of methoxy groups -OCH3 is 1. The molecule has 1 rings (SSSR count). The third-order valence-corrected chi connectivity index (χ3v) is 3.94. The van der Waals surface area contributed by atoms with E-state index in [1.54, 1.807) is 0 Å². The van der Waals surface area contributed by atoms with E-state index in [4.69, 9.17) is 4.74 Å². The van der Waals surface area contributed by atoms with Crippen LogP contribution < -0.4 is 0 Å². The number of hydrogen-bond acceptors (Lipinski definition) is 1. The number of hydrogen-bond donors (Lipinski definition) is 0. The highest BCUT2D eigenvalue weighted by Gasteiger charge is 2.30. The van der Waals surface area contributed by atoms with Gasteiger partial charge in [-0.15, -0.1) is 0 Å². The Bertz CT molecular complexity index is 153. The molecule has 1 saturated carbocycles. The number of ether oxygens (including phenoxy) is 1. The van der Waals surface area contributed by atoms with Gasteiger partial charge in [0.1, 0.15) is 0 Å². The van der Waals surface area contributed by atoms with E-state index in [1.807, 2.05) is 7.11 Å². The molecule has 1 fully saturated rings. The monoisotopic (exact) mass is 198 g/mol. The van der Waals surface area contributed by atoms with Gasteiger partial charge in [-0.25, -0.2) is 0 Å². The summed E-state index contributed by atoms with van der Waals surface area (Å²) < 4.78 is 5.28. The van der Waals surface area contributed by atoms with Crippen LogP contribution in [0.3, 0.4) is 0 Å². The molecule has 1 nitrogen and oxygen atoms in total.